The molecule has 2 aliphatic carbocycles. The molecule has 2 bridgehead atoms. The number of cyclic esters (lactones) is 1. The zero-order valence-electron chi connectivity index (χ0n) is 7.09. The fraction of sp³-hybridized carbons (Fsp3) is 0.889. The van der Waals surface area contributed by atoms with E-state index in [4.69, 9.17) is 4.74 Å². The molecule has 1 heterocycles. The molecule has 0 aromatic carbocycles. The Balaban J connectivity index is 1.98. The van der Waals surface area contributed by atoms with Crippen LogP contribution in [0.4, 0.5) is 0 Å². The van der Waals surface area contributed by atoms with Gasteiger partial charge in [0, 0.05) is 17.8 Å². The molecule has 2 saturated carbocycles. The minimum atomic E-state index is -0.488. The van der Waals surface area contributed by atoms with Crippen LogP contribution in [-0.2, 0) is 9.53 Å². The van der Waals surface area contributed by atoms with Crippen molar-refractivity contribution in [1.29, 1.82) is 0 Å². The first kappa shape index (κ1) is 7.76. The monoisotopic (exact) mass is 184 g/mol. The fourth-order valence-electron chi connectivity index (χ4n) is 3.38. The Bertz CT molecular complexity index is 262. The van der Waals surface area contributed by atoms with E-state index in [2.05, 4.69) is 0 Å². The van der Waals surface area contributed by atoms with Gasteiger partial charge in [-0.25, -0.2) is 0 Å². The maximum Gasteiger partial charge on any atom is 0.309 e. The molecule has 72 valence electrons. The second-order valence-corrected chi connectivity index (χ2v) is 4.35. The maximum absolute atomic E-state index is 11.3. The minimum absolute atomic E-state index is 0.0556. The molecular formula is C9H12O4. The molecule has 0 aromatic heterocycles. The molecule has 13 heavy (non-hydrogen) atoms. The zero-order chi connectivity index (χ0) is 9.16. The van der Waals surface area contributed by atoms with Gasteiger partial charge in [-0.2, -0.15) is 0 Å². The topological polar surface area (TPSA) is 66.8 Å². The molecule has 3 fully saturated rings. The quantitative estimate of drug-likeness (QED) is 0.481. The van der Waals surface area contributed by atoms with Crippen molar-refractivity contribution in [1.82, 2.24) is 0 Å². The normalized spacial score (nSPS) is 58.2. The maximum atomic E-state index is 11.3. The number of esters is 1. The summed E-state index contributed by atoms with van der Waals surface area (Å²) in [6.07, 6.45) is -0.365. The number of fused-ring (bicyclic) bond motifs is 5. The summed E-state index contributed by atoms with van der Waals surface area (Å²) in [5.41, 5.74) is 0. The number of aliphatic hydroxyl groups excluding tert-OH is 2. The van der Waals surface area contributed by atoms with Crippen molar-refractivity contribution in [2.75, 3.05) is 6.61 Å². The van der Waals surface area contributed by atoms with E-state index in [1.807, 2.05) is 0 Å². The number of carbonyl (C=O) groups is 1. The van der Waals surface area contributed by atoms with E-state index in [0.717, 1.165) is 0 Å². The molecule has 4 nitrogen and oxygen atoms in total. The van der Waals surface area contributed by atoms with Gasteiger partial charge in [0.2, 0.25) is 0 Å². The van der Waals surface area contributed by atoms with Crippen LogP contribution in [0.5, 0.6) is 0 Å². The van der Waals surface area contributed by atoms with Crippen LogP contribution in [0.25, 0.3) is 0 Å². The lowest BCUT2D eigenvalue weighted by atomic mass is 9.80. The molecule has 6 atom stereocenters. The van der Waals surface area contributed by atoms with E-state index >= 15 is 0 Å². The molecule has 0 radical (unpaired) electrons. The summed E-state index contributed by atoms with van der Waals surface area (Å²) < 4.78 is 4.94. The smallest absolute Gasteiger partial charge is 0.309 e. The standard InChI is InChI=1S/C9H12O4/c10-5-1-3-6-4(2-13-9(6)12)7(5)8(3)11/h3-8,10-11H,1-2H2/t3-,4+,5-,6-,7+,8-/m1/s1. The predicted octanol–water partition coefficient (Wildman–Crippen LogP) is -0.853. The van der Waals surface area contributed by atoms with Crippen molar-refractivity contribution >= 4 is 5.97 Å². The number of aliphatic hydroxyl groups is 2. The van der Waals surface area contributed by atoms with Crippen molar-refractivity contribution < 1.29 is 19.7 Å². The number of carbonyl (C=O) groups excluding carboxylic acids is 1. The van der Waals surface area contributed by atoms with Crippen LogP contribution >= 0.6 is 0 Å². The molecular weight excluding hydrogens is 172 g/mol. The second-order valence-electron chi connectivity index (χ2n) is 4.35. The van der Waals surface area contributed by atoms with Crippen molar-refractivity contribution in [3.63, 3.8) is 0 Å². The zero-order valence-corrected chi connectivity index (χ0v) is 7.09. The van der Waals surface area contributed by atoms with Crippen LogP contribution in [0, 0.1) is 23.7 Å². The molecule has 4 heteroatoms. The number of hydrogen-bond donors (Lipinski definition) is 2. The van der Waals surface area contributed by atoms with E-state index in [9.17, 15) is 15.0 Å². The van der Waals surface area contributed by atoms with Gasteiger partial charge in [0.25, 0.3) is 0 Å². The number of hydrogen-bond acceptors (Lipinski definition) is 4. The van der Waals surface area contributed by atoms with Crippen molar-refractivity contribution in [3.05, 3.63) is 0 Å². The molecule has 0 spiro atoms. The van der Waals surface area contributed by atoms with Crippen molar-refractivity contribution in [2.24, 2.45) is 23.7 Å². The Kier molecular flexibility index (Phi) is 1.34. The van der Waals surface area contributed by atoms with Gasteiger partial charge in [-0.05, 0) is 6.42 Å². The van der Waals surface area contributed by atoms with E-state index < -0.39 is 12.2 Å². The summed E-state index contributed by atoms with van der Waals surface area (Å²) in [7, 11) is 0. The van der Waals surface area contributed by atoms with E-state index in [1.54, 1.807) is 0 Å². The molecule has 0 amide bonds. The Hall–Kier alpha value is -0.610. The van der Waals surface area contributed by atoms with Gasteiger partial charge in [-0.15, -0.1) is 0 Å². The van der Waals surface area contributed by atoms with Crippen LogP contribution in [-0.4, -0.2) is 35.0 Å². The highest BCUT2D eigenvalue weighted by Crippen LogP contribution is 2.55. The third-order valence-corrected chi connectivity index (χ3v) is 3.90. The molecule has 0 unspecified atom stereocenters. The first-order chi connectivity index (χ1) is 6.20. The molecule has 1 aliphatic heterocycles. The average Bonchev–Trinajstić information content (AvgIpc) is 2.64. The lowest BCUT2D eigenvalue weighted by Crippen LogP contribution is -2.31. The summed E-state index contributed by atoms with van der Waals surface area (Å²) in [5.74, 6) is -0.426. The summed E-state index contributed by atoms with van der Waals surface area (Å²) in [4.78, 5) is 11.3. The van der Waals surface area contributed by atoms with Crippen LogP contribution < -0.4 is 0 Å². The van der Waals surface area contributed by atoms with Crippen LogP contribution in [0.2, 0.25) is 0 Å². The van der Waals surface area contributed by atoms with Gasteiger partial charge in [0.05, 0.1) is 24.7 Å². The second kappa shape index (κ2) is 2.25. The molecule has 1 saturated heterocycles. The molecule has 0 aromatic rings. The van der Waals surface area contributed by atoms with Crippen LogP contribution in [0.3, 0.4) is 0 Å². The average molecular weight is 184 g/mol. The summed E-state index contributed by atoms with van der Waals surface area (Å²) in [5, 5.41) is 19.4. The third kappa shape index (κ3) is 0.758. The highest BCUT2D eigenvalue weighted by Gasteiger charge is 2.63. The summed E-state index contributed by atoms with van der Waals surface area (Å²) in [6.45, 7) is 0.388. The Morgan fingerprint density at radius 1 is 1.31 bits per heavy atom. The Labute approximate surface area is 75.5 Å². The SMILES string of the molecule is O=C1OC[C@H]2[C@H]1[C@H]1C[C@@H](O)[C@H]2[C@@H]1O. The first-order valence-electron chi connectivity index (χ1n) is 4.73. The van der Waals surface area contributed by atoms with Gasteiger partial charge in [0.15, 0.2) is 0 Å². The van der Waals surface area contributed by atoms with Gasteiger partial charge >= 0.3 is 5.97 Å². The highest BCUT2D eigenvalue weighted by molar-refractivity contribution is 5.76. The summed E-state index contributed by atoms with van der Waals surface area (Å²) in [6, 6.07) is 0. The molecule has 3 aliphatic rings. The largest absolute Gasteiger partial charge is 0.465 e. The van der Waals surface area contributed by atoms with Gasteiger partial charge < -0.3 is 14.9 Å². The first-order valence-corrected chi connectivity index (χ1v) is 4.73. The van der Waals surface area contributed by atoms with Crippen molar-refractivity contribution in [3.8, 4) is 0 Å². The van der Waals surface area contributed by atoms with Gasteiger partial charge in [0.1, 0.15) is 0 Å². The number of ether oxygens (including phenoxy) is 1. The molecule has 3 rings (SSSR count). The lowest BCUT2D eigenvalue weighted by molar-refractivity contribution is -0.143. The van der Waals surface area contributed by atoms with E-state index in [1.165, 1.54) is 0 Å². The van der Waals surface area contributed by atoms with Crippen LogP contribution in [0.15, 0.2) is 0 Å². The van der Waals surface area contributed by atoms with E-state index in [0.29, 0.717) is 13.0 Å². The van der Waals surface area contributed by atoms with Gasteiger partial charge in [-0.1, -0.05) is 0 Å². The minimum Gasteiger partial charge on any atom is -0.465 e. The summed E-state index contributed by atoms with van der Waals surface area (Å²) >= 11 is 0. The fourth-order valence-corrected chi connectivity index (χ4v) is 3.38. The third-order valence-electron chi connectivity index (χ3n) is 3.90. The lowest BCUT2D eigenvalue weighted by Gasteiger charge is -2.23. The Morgan fingerprint density at radius 2 is 2.08 bits per heavy atom. The van der Waals surface area contributed by atoms with E-state index in [-0.39, 0.29) is 29.6 Å². The molecule has 2 N–H and O–H groups in total. The highest BCUT2D eigenvalue weighted by atomic mass is 16.5. The van der Waals surface area contributed by atoms with Gasteiger partial charge in [-0.3, -0.25) is 4.79 Å². The predicted molar refractivity (Wildman–Crippen MR) is 41.5 cm³/mol. The van der Waals surface area contributed by atoms with Crippen LogP contribution in [0.1, 0.15) is 6.42 Å². The Morgan fingerprint density at radius 3 is 2.85 bits per heavy atom. The number of rotatable bonds is 0. The van der Waals surface area contributed by atoms with Crippen molar-refractivity contribution in [2.45, 2.75) is 18.6 Å².